The summed E-state index contributed by atoms with van der Waals surface area (Å²) in [4.78, 5) is 23.7. The van der Waals surface area contributed by atoms with Gasteiger partial charge >= 0.3 is 5.97 Å². The van der Waals surface area contributed by atoms with Gasteiger partial charge in [0.1, 0.15) is 0 Å². The number of hydrogen-bond donors (Lipinski definition) is 2. The molecule has 0 heterocycles. The van der Waals surface area contributed by atoms with E-state index in [2.05, 4.69) is 21.2 Å². The van der Waals surface area contributed by atoms with Crippen LogP contribution in [-0.4, -0.2) is 35.7 Å². The van der Waals surface area contributed by atoms with Gasteiger partial charge in [0.15, 0.2) is 17.6 Å². The van der Waals surface area contributed by atoms with Gasteiger partial charge < -0.3 is 19.9 Å². The maximum absolute atomic E-state index is 11.9. The van der Waals surface area contributed by atoms with E-state index in [1.165, 1.54) is 26.2 Å². The van der Waals surface area contributed by atoms with Crippen molar-refractivity contribution in [1.29, 1.82) is 0 Å². The molecule has 0 aromatic heterocycles. The summed E-state index contributed by atoms with van der Waals surface area (Å²) < 4.78 is 10.5. The zero-order valence-corrected chi connectivity index (χ0v) is 15.9. The molecule has 0 aliphatic rings. The van der Waals surface area contributed by atoms with E-state index in [4.69, 9.17) is 9.47 Å². The minimum Gasteiger partial charge on any atom is -0.503 e. The number of phenolic OH excluding ortho intramolecular Hbond substituents is 1. The summed E-state index contributed by atoms with van der Waals surface area (Å²) >= 11 is 3.20. The molecule has 0 saturated heterocycles. The minimum absolute atomic E-state index is 0.0234. The van der Waals surface area contributed by atoms with E-state index in [1.54, 1.807) is 12.1 Å². The highest BCUT2D eigenvalue weighted by Gasteiger charge is 2.21. The molecule has 6 nitrogen and oxygen atoms in total. The SMILES string of the molecule is COc1cc(/C=C/C(=O)O[C@H](C)C(=O)NC(C)(C)C)cc(Br)c1O. The first-order valence-corrected chi connectivity index (χ1v) is 8.10. The van der Waals surface area contributed by atoms with E-state index in [9.17, 15) is 14.7 Å². The number of esters is 1. The van der Waals surface area contributed by atoms with Crippen molar-refractivity contribution in [2.24, 2.45) is 0 Å². The quantitative estimate of drug-likeness (QED) is 0.586. The molecule has 0 unspecified atom stereocenters. The predicted octanol–water partition coefficient (Wildman–Crippen LogP) is 3.02. The Balaban J connectivity index is 2.73. The van der Waals surface area contributed by atoms with Gasteiger partial charge in [0.25, 0.3) is 5.91 Å². The molecule has 1 amide bonds. The van der Waals surface area contributed by atoms with Crippen LogP contribution >= 0.6 is 15.9 Å². The van der Waals surface area contributed by atoms with Crippen molar-refractivity contribution in [2.45, 2.75) is 39.3 Å². The van der Waals surface area contributed by atoms with E-state index in [-0.39, 0.29) is 17.4 Å². The van der Waals surface area contributed by atoms with Gasteiger partial charge in [-0.2, -0.15) is 0 Å². The van der Waals surface area contributed by atoms with Gasteiger partial charge in [-0.3, -0.25) is 4.79 Å². The molecule has 24 heavy (non-hydrogen) atoms. The number of methoxy groups -OCH3 is 1. The number of carbonyl (C=O) groups excluding carboxylic acids is 2. The van der Waals surface area contributed by atoms with Crippen LogP contribution in [0.1, 0.15) is 33.3 Å². The van der Waals surface area contributed by atoms with E-state index >= 15 is 0 Å². The highest BCUT2D eigenvalue weighted by Crippen LogP contribution is 2.35. The van der Waals surface area contributed by atoms with Gasteiger partial charge in [-0.25, -0.2) is 4.79 Å². The van der Waals surface area contributed by atoms with Crippen molar-refractivity contribution in [3.8, 4) is 11.5 Å². The molecule has 0 aliphatic heterocycles. The van der Waals surface area contributed by atoms with Crippen molar-refractivity contribution in [3.05, 3.63) is 28.2 Å². The second-order valence-corrected chi connectivity index (χ2v) is 7.06. The van der Waals surface area contributed by atoms with Crippen molar-refractivity contribution in [3.63, 3.8) is 0 Å². The van der Waals surface area contributed by atoms with Crippen LogP contribution in [0, 0.1) is 0 Å². The lowest BCUT2D eigenvalue weighted by molar-refractivity contribution is -0.150. The lowest BCUT2D eigenvalue weighted by Gasteiger charge is -2.22. The molecule has 0 saturated carbocycles. The molecule has 0 radical (unpaired) electrons. The van der Waals surface area contributed by atoms with E-state index in [0.717, 1.165) is 0 Å². The zero-order chi connectivity index (χ0) is 18.5. The van der Waals surface area contributed by atoms with Gasteiger partial charge in [0, 0.05) is 11.6 Å². The third-order valence-electron chi connectivity index (χ3n) is 2.84. The van der Waals surface area contributed by atoms with Crippen LogP contribution in [0.25, 0.3) is 6.08 Å². The van der Waals surface area contributed by atoms with Crippen LogP contribution in [0.3, 0.4) is 0 Å². The molecular weight excluding hydrogens is 378 g/mol. The van der Waals surface area contributed by atoms with Gasteiger partial charge in [-0.05, 0) is 67.4 Å². The third-order valence-corrected chi connectivity index (χ3v) is 3.45. The molecule has 2 N–H and O–H groups in total. The normalized spacial score (nSPS) is 12.8. The number of phenols is 1. The summed E-state index contributed by atoms with van der Waals surface area (Å²) in [6, 6.07) is 3.19. The van der Waals surface area contributed by atoms with Crippen LogP contribution < -0.4 is 10.1 Å². The maximum atomic E-state index is 11.9. The Morgan fingerprint density at radius 3 is 2.50 bits per heavy atom. The largest absolute Gasteiger partial charge is 0.503 e. The molecule has 0 bridgehead atoms. The van der Waals surface area contributed by atoms with E-state index in [1.807, 2.05) is 20.8 Å². The van der Waals surface area contributed by atoms with Crippen molar-refractivity contribution >= 4 is 33.9 Å². The lowest BCUT2D eigenvalue weighted by atomic mass is 10.1. The van der Waals surface area contributed by atoms with Gasteiger partial charge in [-0.15, -0.1) is 0 Å². The molecule has 132 valence electrons. The summed E-state index contributed by atoms with van der Waals surface area (Å²) in [5.74, 6) is -0.756. The molecule has 0 fully saturated rings. The monoisotopic (exact) mass is 399 g/mol. The highest BCUT2D eigenvalue weighted by molar-refractivity contribution is 9.10. The Bertz CT molecular complexity index is 649. The summed E-state index contributed by atoms with van der Waals surface area (Å²) in [5.41, 5.74) is 0.225. The van der Waals surface area contributed by atoms with Gasteiger partial charge in [-0.1, -0.05) is 0 Å². The molecule has 1 rings (SSSR count). The fourth-order valence-corrected chi connectivity index (χ4v) is 2.21. The van der Waals surface area contributed by atoms with Crippen molar-refractivity contribution in [1.82, 2.24) is 5.32 Å². The zero-order valence-electron chi connectivity index (χ0n) is 14.3. The van der Waals surface area contributed by atoms with Crippen LogP contribution in [0.5, 0.6) is 11.5 Å². The van der Waals surface area contributed by atoms with Gasteiger partial charge in [0.2, 0.25) is 0 Å². The Hall–Kier alpha value is -2.02. The molecule has 0 spiro atoms. The smallest absolute Gasteiger partial charge is 0.331 e. The number of hydrogen-bond acceptors (Lipinski definition) is 5. The molecule has 0 aliphatic carbocycles. The number of carbonyl (C=O) groups is 2. The second-order valence-electron chi connectivity index (χ2n) is 6.21. The average Bonchev–Trinajstić information content (AvgIpc) is 2.46. The van der Waals surface area contributed by atoms with Crippen LogP contribution in [0.15, 0.2) is 22.7 Å². The van der Waals surface area contributed by atoms with E-state index < -0.39 is 17.6 Å². The third kappa shape index (κ3) is 6.23. The average molecular weight is 400 g/mol. The number of halogens is 1. The van der Waals surface area contributed by atoms with Crippen LogP contribution in [0.4, 0.5) is 0 Å². The molecule has 1 atom stereocenters. The fraction of sp³-hybridized carbons (Fsp3) is 0.412. The summed E-state index contributed by atoms with van der Waals surface area (Å²) in [6.45, 7) is 7.03. The number of benzene rings is 1. The number of ether oxygens (including phenoxy) is 2. The maximum Gasteiger partial charge on any atom is 0.331 e. The number of aromatic hydroxyl groups is 1. The first-order chi connectivity index (χ1) is 11.0. The second kappa shape index (κ2) is 8.19. The van der Waals surface area contributed by atoms with Crippen molar-refractivity contribution < 1.29 is 24.2 Å². The lowest BCUT2D eigenvalue weighted by Crippen LogP contribution is -2.46. The Morgan fingerprint density at radius 1 is 1.33 bits per heavy atom. The Labute approximate surface area is 150 Å². The van der Waals surface area contributed by atoms with Crippen LogP contribution in [-0.2, 0) is 14.3 Å². The summed E-state index contributed by atoms with van der Waals surface area (Å²) in [7, 11) is 1.43. The molecule has 1 aromatic rings. The Morgan fingerprint density at radius 2 is 1.96 bits per heavy atom. The van der Waals surface area contributed by atoms with Crippen LogP contribution in [0.2, 0.25) is 0 Å². The number of nitrogens with one attached hydrogen (secondary N) is 1. The number of rotatable bonds is 5. The standard InChI is InChI=1S/C17H22BrNO5/c1-10(16(22)19-17(2,3)4)24-14(20)7-6-11-8-12(18)15(21)13(9-11)23-5/h6-10,21H,1-5H3,(H,19,22)/b7-6+/t10-/m1/s1. The minimum atomic E-state index is -0.900. The predicted molar refractivity (Wildman–Crippen MR) is 94.8 cm³/mol. The molecular formula is C17H22BrNO5. The topological polar surface area (TPSA) is 84.9 Å². The molecule has 7 heteroatoms. The summed E-state index contributed by atoms with van der Waals surface area (Å²) in [6.07, 6.45) is 1.81. The first kappa shape index (κ1) is 20.0. The first-order valence-electron chi connectivity index (χ1n) is 7.30. The van der Waals surface area contributed by atoms with Crippen molar-refractivity contribution in [2.75, 3.05) is 7.11 Å². The van der Waals surface area contributed by atoms with E-state index in [0.29, 0.717) is 10.0 Å². The molecule has 1 aromatic carbocycles. The summed E-state index contributed by atoms with van der Waals surface area (Å²) in [5, 5.41) is 12.5. The Kier molecular flexibility index (Phi) is 6.83. The van der Waals surface area contributed by atoms with Gasteiger partial charge in [0.05, 0.1) is 11.6 Å². The highest BCUT2D eigenvalue weighted by atomic mass is 79.9. The number of amides is 1. The fourth-order valence-electron chi connectivity index (χ4n) is 1.75.